The van der Waals surface area contributed by atoms with Crippen LogP contribution in [0, 0.1) is 6.92 Å². The molecule has 124 valence electrons. The molecule has 2 heterocycles. The first-order valence-electron chi connectivity index (χ1n) is 7.31. The number of benzene rings is 1. The van der Waals surface area contributed by atoms with Gasteiger partial charge in [-0.1, -0.05) is 11.3 Å². The molecule has 7 heteroatoms. The van der Waals surface area contributed by atoms with Crippen LogP contribution in [0.1, 0.15) is 25.9 Å². The van der Waals surface area contributed by atoms with Crippen molar-refractivity contribution in [3.8, 4) is 17.0 Å². The van der Waals surface area contributed by atoms with Crippen molar-refractivity contribution < 1.29 is 14.3 Å². The smallest absolute Gasteiger partial charge is 0.265 e. The van der Waals surface area contributed by atoms with Gasteiger partial charge in [-0.2, -0.15) is 0 Å². The van der Waals surface area contributed by atoms with Crippen molar-refractivity contribution in [1.29, 1.82) is 0 Å². The zero-order valence-corrected chi connectivity index (χ0v) is 14.7. The zero-order chi connectivity index (χ0) is 17.4. The van der Waals surface area contributed by atoms with Crippen LogP contribution in [0.25, 0.3) is 16.2 Å². The van der Waals surface area contributed by atoms with E-state index in [2.05, 4.69) is 4.98 Å². The third kappa shape index (κ3) is 2.46. The summed E-state index contributed by atoms with van der Waals surface area (Å²) in [5.41, 5.74) is 2.60. The fraction of sp³-hybridized carbons (Fsp3) is 0.235. The fourth-order valence-electron chi connectivity index (χ4n) is 2.54. The van der Waals surface area contributed by atoms with Crippen molar-refractivity contribution in [3.05, 3.63) is 40.5 Å². The van der Waals surface area contributed by atoms with Gasteiger partial charge in [-0.05, 0) is 31.2 Å². The molecule has 0 fully saturated rings. The molecule has 1 aromatic carbocycles. The molecule has 2 aromatic heterocycles. The Balaban J connectivity index is 2.17. The third-order valence-electron chi connectivity index (χ3n) is 3.82. The number of aryl methyl sites for hydroxylation is 1. The summed E-state index contributed by atoms with van der Waals surface area (Å²) in [6.45, 7) is 1.83. The van der Waals surface area contributed by atoms with Gasteiger partial charge in [0.05, 0.1) is 7.11 Å². The highest BCUT2D eigenvalue weighted by Crippen LogP contribution is 2.31. The molecule has 1 amide bonds. The average Bonchev–Trinajstić information content (AvgIpc) is 3.11. The highest BCUT2D eigenvalue weighted by Gasteiger charge is 2.23. The molecule has 0 radical (unpaired) electrons. The minimum absolute atomic E-state index is 0.0918. The molecule has 0 saturated heterocycles. The molecule has 0 aliphatic rings. The van der Waals surface area contributed by atoms with E-state index in [1.165, 1.54) is 16.2 Å². The van der Waals surface area contributed by atoms with Crippen LogP contribution in [-0.4, -0.2) is 47.7 Å². The Hall–Kier alpha value is -2.67. The number of amides is 1. The quantitative estimate of drug-likeness (QED) is 0.683. The van der Waals surface area contributed by atoms with Gasteiger partial charge >= 0.3 is 0 Å². The number of hydrogen-bond acceptors (Lipinski definition) is 5. The number of imidazole rings is 1. The molecule has 3 aromatic rings. The lowest BCUT2D eigenvalue weighted by molar-refractivity contribution is 0.0831. The van der Waals surface area contributed by atoms with Crippen molar-refractivity contribution in [1.82, 2.24) is 14.3 Å². The molecule has 24 heavy (non-hydrogen) atoms. The number of hydrogen-bond donors (Lipinski definition) is 0. The van der Waals surface area contributed by atoms with E-state index >= 15 is 0 Å². The number of fused-ring (bicyclic) bond motifs is 1. The number of methoxy groups -OCH3 is 1. The van der Waals surface area contributed by atoms with Crippen LogP contribution in [0.5, 0.6) is 5.75 Å². The minimum atomic E-state index is -0.0918. The summed E-state index contributed by atoms with van der Waals surface area (Å²) < 4.78 is 6.90. The number of aromatic nitrogens is 2. The van der Waals surface area contributed by atoms with E-state index < -0.39 is 0 Å². The van der Waals surface area contributed by atoms with Gasteiger partial charge in [-0.15, -0.1) is 0 Å². The van der Waals surface area contributed by atoms with Crippen molar-refractivity contribution in [2.24, 2.45) is 0 Å². The molecule has 0 unspecified atom stereocenters. The van der Waals surface area contributed by atoms with Gasteiger partial charge in [0.25, 0.3) is 5.91 Å². The fourth-order valence-corrected chi connectivity index (χ4v) is 3.70. The number of carbonyl (C=O) groups excluding carboxylic acids is 2. The Kier molecular flexibility index (Phi) is 4.11. The molecule has 0 aliphatic carbocycles. The maximum absolute atomic E-state index is 12.3. The molecule has 0 atom stereocenters. The molecule has 0 aliphatic heterocycles. The molecule has 0 saturated carbocycles. The molecule has 0 spiro atoms. The van der Waals surface area contributed by atoms with Gasteiger partial charge in [0.1, 0.15) is 22.0 Å². The van der Waals surface area contributed by atoms with Crippen molar-refractivity contribution in [2.75, 3.05) is 21.2 Å². The molecular weight excluding hydrogens is 326 g/mol. The van der Waals surface area contributed by atoms with Gasteiger partial charge < -0.3 is 9.64 Å². The Morgan fingerprint density at radius 1 is 1.29 bits per heavy atom. The van der Waals surface area contributed by atoms with Crippen LogP contribution < -0.4 is 4.74 Å². The summed E-state index contributed by atoms with van der Waals surface area (Å²) in [7, 11) is 5.01. The molecule has 0 N–H and O–H groups in total. The first kappa shape index (κ1) is 16.2. The Morgan fingerprint density at radius 3 is 2.50 bits per heavy atom. The van der Waals surface area contributed by atoms with E-state index in [0.29, 0.717) is 21.2 Å². The van der Waals surface area contributed by atoms with Crippen LogP contribution in [0.3, 0.4) is 0 Å². The second-order valence-corrected chi connectivity index (χ2v) is 6.50. The number of ether oxygens (including phenoxy) is 1. The normalized spacial score (nSPS) is 10.8. The molecule has 3 rings (SSSR count). The first-order valence-corrected chi connectivity index (χ1v) is 8.12. The Morgan fingerprint density at radius 2 is 1.96 bits per heavy atom. The second kappa shape index (κ2) is 6.09. The highest BCUT2D eigenvalue weighted by atomic mass is 32.1. The van der Waals surface area contributed by atoms with Crippen molar-refractivity contribution in [2.45, 2.75) is 6.92 Å². The standard InChI is InChI=1S/C17H17N3O3S/c1-10-15(16(22)19(2)3)24-17-18-14(13(9-21)20(10)17)11-5-7-12(23-4)8-6-11/h5-9H,1-4H3. The summed E-state index contributed by atoms with van der Waals surface area (Å²) in [6.07, 6.45) is 0.781. The topological polar surface area (TPSA) is 63.9 Å². The van der Waals surface area contributed by atoms with E-state index in [1.54, 1.807) is 25.6 Å². The van der Waals surface area contributed by atoms with E-state index in [0.717, 1.165) is 23.3 Å². The summed E-state index contributed by atoms with van der Waals surface area (Å²) >= 11 is 1.29. The summed E-state index contributed by atoms with van der Waals surface area (Å²) in [6, 6.07) is 7.37. The van der Waals surface area contributed by atoms with Crippen molar-refractivity contribution >= 4 is 28.5 Å². The summed E-state index contributed by atoms with van der Waals surface area (Å²) in [4.78, 5) is 31.2. The highest BCUT2D eigenvalue weighted by molar-refractivity contribution is 7.19. The second-order valence-electron chi connectivity index (χ2n) is 5.53. The van der Waals surface area contributed by atoms with Crippen LogP contribution in [-0.2, 0) is 0 Å². The van der Waals surface area contributed by atoms with Crippen LogP contribution >= 0.6 is 11.3 Å². The average molecular weight is 343 g/mol. The van der Waals surface area contributed by atoms with E-state index in [1.807, 2.05) is 31.2 Å². The van der Waals surface area contributed by atoms with Crippen LogP contribution in [0.4, 0.5) is 0 Å². The van der Waals surface area contributed by atoms with Gasteiger partial charge in [0.15, 0.2) is 11.2 Å². The van der Waals surface area contributed by atoms with E-state index in [9.17, 15) is 9.59 Å². The van der Waals surface area contributed by atoms with E-state index in [-0.39, 0.29) is 5.91 Å². The summed E-state index contributed by atoms with van der Waals surface area (Å²) in [5.74, 6) is 0.647. The predicted octanol–water partition coefficient (Wildman–Crippen LogP) is 2.89. The SMILES string of the molecule is COc1ccc(-c2nc3sc(C(=O)N(C)C)c(C)n3c2C=O)cc1. The number of rotatable bonds is 4. The minimum Gasteiger partial charge on any atom is -0.497 e. The van der Waals surface area contributed by atoms with Crippen LogP contribution in [0.2, 0.25) is 0 Å². The Bertz CT molecular complexity index is 923. The largest absolute Gasteiger partial charge is 0.497 e. The number of aldehydes is 1. The number of thiazole rings is 1. The maximum atomic E-state index is 12.3. The number of nitrogens with zero attached hydrogens (tertiary/aromatic N) is 3. The molecule has 0 bridgehead atoms. The van der Waals surface area contributed by atoms with Crippen LogP contribution in [0.15, 0.2) is 24.3 Å². The van der Waals surface area contributed by atoms with Gasteiger partial charge in [0.2, 0.25) is 0 Å². The summed E-state index contributed by atoms with van der Waals surface area (Å²) in [5, 5.41) is 0. The molecule has 6 nitrogen and oxygen atoms in total. The van der Waals surface area contributed by atoms with Gasteiger partial charge in [-0.3, -0.25) is 14.0 Å². The first-order chi connectivity index (χ1) is 11.5. The lowest BCUT2D eigenvalue weighted by Gasteiger charge is -2.09. The lowest BCUT2D eigenvalue weighted by atomic mass is 10.1. The van der Waals surface area contributed by atoms with Crippen molar-refractivity contribution in [3.63, 3.8) is 0 Å². The lowest BCUT2D eigenvalue weighted by Crippen LogP contribution is -2.21. The zero-order valence-electron chi connectivity index (χ0n) is 13.9. The number of carbonyl (C=O) groups is 2. The maximum Gasteiger partial charge on any atom is 0.265 e. The monoisotopic (exact) mass is 343 g/mol. The predicted molar refractivity (Wildman–Crippen MR) is 93.2 cm³/mol. The third-order valence-corrected chi connectivity index (χ3v) is 4.95. The molecular formula is C17H17N3O3S. The Labute approximate surface area is 143 Å². The van der Waals surface area contributed by atoms with Gasteiger partial charge in [-0.25, -0.2) is 4.98 Å². The van der Waals surface area contributed by atoms with Gasteiger partial charge in [0, 0.05) is 25.4 Å². The van der Waals surface area contributed by atoms with E-state index in [4.69, 9.17) is 4.74 Å².